The molecule has 0 aromatic carbocycles. The maximum atomic E-state index is 11.9. The van der Waals surface area contributed by atoms with Gasteiger partial charge in [-0.25, -0.2) is 4.79 Å². The third-order valence-electron chi connectivity index (χ3n) is 3.24. The standard InChI is InChI=1S/C14H21N3O4S/c1-14(2,12(19)20)5-6-16-11(18)8-9(17-13(15)21)10-4-3-7-22-10/h3-4,7,9H,5-6,8H2,1-2H3,(H,16,18)(H,19,20)(H3,15,17,21). The molecule has 1 aromatic rings. The number of carboxylic acids is 1. The molecular formula is C14H21N3O4S. The number of amides is 3. The maximum absolute atomic E-state index is 11.9. The minimum atomic E-state index is -0.909. The van der Waals surface area contributed by atoms with Gasteiger partial charge in [0, 0.05) is 11.4 Å². The molecule has 22 heavy (non-hydrogen) atoms. The van der Waals surface area contributed by atoms with Gasteiger partial charge in [-0.15, -0.1) is 11.3 Å². The SMILES string of the molecule is CC(C)(CCNC(=O)CC(NC(N)=O)c1cccs1)C(=O)O. The van der Waals surface area contributed by atoms with Gasteiger partial charge in [0.25, 0.3) is 0 Å². The van der Waals surface area contributed by atoms with Crippen molar-refractivity contribution in [3.05, 3.63) is 22.4 Å². The summed E-state index contributed by atoms with van der Waals surface area (Å²) in [5.41, 5.74) is 4.23. The lowest BCUT2D eigenvalue weighted by Crippen LogP contribution is -2.37. The molecule has 1 aromatic heterocycles. The van der Waals surface area contributed by atoms with E-state index in [9.17, 15) is 14.4 Å². The molecule has 1 unspecified atom stereocenters. The van der Waals surface area contributed by atoms with Crippen molar-refractivity contribution < 1.29 is 19.5 Å². The summed E-state index contributed by atoms with van der Waals surface area (Å²) >= 11 is 1.42. The van der Waals surface area contributed by atoms with Gasteiger partial charge in [0.1, 0.15) is 0 Å². The van der Waals surface area contributed by atoms with E-state index in [2.05, 4.69) is 10.6 Å². The van der Waals surface area contributed by atoms with E-state index in [-0.39, 0.29) is 18.9 Å². The zero-order valence-corrected chi connectivity index (χ0v) is 13.4. The Labute approximate surface area is 132 Å². The number of rotatable bonds is 8. The molecular weight excluding hydrogens is 306 g/mol. The van der Waals surface area contributed by atoms with E-state index in [1.165, 1.54) is 11.3 Å². The van der Waals surface area contributed by atoms with Crippen molar-refractivity contribution in [1.29, 1.82) is 0 Å². The van der Waals surface area contributed by atoms with E-state index in [0.717, 1.165) is 4.88 Å². The Bertz CT molecular complexity index is 528. The average molecular weight is 327 g/mol. The van der Waals surface area contributed by atoms with Crippen LogP contribution in [-0.4, -0.2) is 29.6 Å². The Morgan fingerprint density at radius 1 is 1.41 bits per heavy atom. The first-order valence-electron chi connectivity index (χ1n) is 6.82. The second-order valence-corrected chi connectivity index (χ2v) is 6.55. The first-order chi connectivity index (χ1) is 10.2. The highest BCUT2D eigenvalue weighted by Crippen LogP contribution is 2.22. The third-order valence-corrected chi connectivity index (χ3v) is 4.23. The van der Waals surface area contributed by atoms with E-state index >= 15 is 0 Å². The van der Waals surface area contributed by atoms with E-state index in [1.54, 1.807) is 13.8 Å². The zero-order chi connectivity index (χ0) is 16.8. The summed E-state index contributed by atoms with van der Waals surface area (Å²) in [4.78, 5) is 34.8. The average Bonchev–Trinajstić information content (AvgIpc) is 2.90. The highest BCUT2D eigenvalue weighted by molar-refractivity contribution is 7.10. The van der Waals surface area contributed by atoms with E-state index in [4.69, 9.17) is 10.8 Å². The Hall–Kier alpha value is -2.09. The van der Waals surface area contributed by atoms with E-state index in [0.29, 0.717) is 6.42 Å². The lowest BCUT2D eigenvalue weighted by molar-refractivity contribution is -0.147. The number of carbonyl (C=O) groups excluding carboxylic acids is 2. The molecule has 0 spiro atoms. The fourth-order valence-corrected chi connectivity index (χ4v) is 2.54. The van der Waals surface area contributed by atoms with Crippen molar-refractivity contribution >= 4 is 29.2 Å². The van der Waals surface area contributed by atoms with Crippen LogP contribution in [0.2, 0.25) is 0 Å². The molecule has 1 heterocycles. The second kappa shape index (κ2) is 7.79. The van der Waals surface area contributed by atoms with Crippen LogP contribution in [0.25, 0.3) is 0 Å². The van der Waals surface area contributed by atoms with Gasteiger partial charge in [-0.05, 0) is 31.7 Å². The van der Waals surface area contributed by atoms with Crippen molar-refractivity contribution in [1.82, 2.24) is 10.6 Å². The number of nitrogens with two attached hydrogens (primary N) is 1. The Morgan fingerprint density at radius 3 is 2.59 bits per heavy atom. The highest BCUT2D eigenvalue weighted by Gasteiger charge is 2.27. The number of primary amides is 1. The lowest BCUT2D eigenvalue weighted by atomic mass is 9.90. The predicted octanol–water partition coefficient (Wildman–Crippen LogP) is 1.46. The summed E-state index contributed by atoms with van der Waals surface area (Å²) in [5.74, 6) is -1.18. The number of urea groups is 1. The zero-order valence-electron chi connectivity index (χ0n) is 12.6. The van der Waals surface area contributed by atoms with E-state index in [1.807, 2.05) is 17.5 Å². The number of hydrogen-bond acceptors (Lipinski definition) is 4. The smallest absolute Gasteiger partial charge is 0.312 e. The van der Waals surface area contributed by atoms with Gasteiger partial charge >= 0.3 is 12.0 Å². The van der Waals surface area contributed by atoms with Gasteiger partial charge in [0.05, 0.1) is 17.9 Å². The van der Waals surface area contributed by atoms with Crippen LogP contribution in [-0.2, 0) is 9.59 Å². The van der Waals surface area contributed by atoms with Crippen molar-refractivity contribution in [2.45, 2.75) is 32.7 Å². The van der Waals surface area contributed by atoms with Crippen molar-refractivity contribution in [2.24, 2.45) is 11.1 Å². The number of nitrogens with one attached hydrogen (secondary N) is 2. The predicted molar refractivity (Wildman–Crippen MR) is 83.4 cm³/mol. The molecule has 8 heteroatoms. The number of carboxylic acid groups (broad SMARTS) is 1. The van der Waals surface area contributed by atoms with Crippen molar-refractivity contribution in [3.63, 3.8) is 0 Å². The van der Waals surface area contributed by atoms with Crippen LogP contribution >= 0.6 is 11.3 Å². The number of carbonyl (C=O) groups is 3. The molecule has 5 N–H and O–H groups in total. The van der Waals surface area contributed by atoms with Gasteiger partial charge in [-0.2, -0.15) is 0 Å². The van der Waals surface area contributed by atoms with Crippen molar-refractivity contribution in [3.8, 4) is 0 Å². The molecule has 1 atom stereocenters. The van der Waals surface area contributed by atoms with Gasteiger partial charge in [-0.3, -0.25) is 9.59 Å². The summed E-state index contributed by atoms with van der Waals surface area (Å²) in [6.07, 6.45) is 0.373. The Balaban J connectivity index is 2.51. The molecule has 7 nitrogen and oxygen atoms in total. The van der Waals surface area contributed by atoms with Gasteiger partial charge in [0.2, 0.25) is 5.91 Å². The normalized spacial score (nSPS) is 12.5. The number of thiophene rings is 1. The third kappa shape index (κ3) is 5.72. The maximum Gasteiger partial charge on any atom is 0.312 e. The molecule has 0 aliphatic rings. The molecule has 0 bridgehead atoms. The fourth-order valence-electron chi connectivity index (χ4n) is 1.76. The highest BCUT2D eigenvalue weighted by atomic mass is 32.1. The molecule has 0 radical (unpaired) electrons. The van der Waals surface area contributed by atoms with Crippen LogP contribution in [0, 0.1) is 5.41 Å². The minimum Gasteiger partial charge on any atom is -0.481 e. The summed E-state index contributed by atoms with van der Waals surface area (Å²) in [7, 11) is 0. The second-order valence-electron chi connectivity index (χ2n) is 5.57. The first-order valence-corrected chi connectivity index (χ1v) is 7.70. The van der Waals surface area contributed by atoms with Gasteiger partial charge in [0.15, 0.2) is 0 Å². The lowest BCUT2D eigenvalue weighted by Gasteiger charge is -2.20. The van der Waals surface area contributed by atoms with Crippen LogP contribution in [0.1, 0.15) is 37.6 Å². The summed E-state index contributed by atoms with van der Waals surface area (Å²) < 4.78 is 0. The first kappa shape index (κ1) is 18.0. The monoisotopic (exact) mass is 327 g/mol. The Morgan fingerprint density at radius 2 is 2.09 bits per heavy atom. The van der Waals surface area contributed by atoms with Crippen LogP contribution in [0.4, 0.5) is 4.79 Å². The fraction of sp³-hybridized carbons (Fsp3) is 0.500. The molecule has 0 saturated heterocycles. The minimum absolute atomic E-state index is 0.0525. The van der Waals surface area contributed by atoms with Crippen molar-refractivity contribution in [2.75, 3.05) is 6.54 Å². The summed E-state index contributed by atoms with van der Waals surface area (Å²) in [6.45, 7) is 3.46. The number of hydrogen-bond donors (Lipinski definition) is 4. The summed E-state index contributed by atoms with van der Waals surface area (Å²) in [6, 6.07) is 2.46. The molecule has 0 aliphatic carbocycles. The van der Waals surface area contributed by atoms with Gasteiger partial charge < -0.3 is 21.5 Å². The largest absolute Gasteiger partial charge is 0.481 e. The molecule has 1 rings (SSSR count). The van der Waals surface area contributed by atoms with Crippen LogP contribution in [0.5, 0.6) is 0 Å². The molecule has 0 saturated carbocycles. The van der Waals surface area contributed by atoms with Crippen LogP contribution < -0.4 is 16.4 Å². The quantitative estimate of drug-likeness (QED) is 0.577. The Kier molecular flexibility index (Phi) is 6.36. The van der Waals surface area contributed by atoms with Gasteiger partial charge in [-0.1, -0.05) is 6.07 Å². The van der Waals surface area contributed by atoms with Crippen LogP contribution in [0.3, 0.4) is 0 Å². The molecule has 3 amide bonds. The number of aliphatic carboxylic acids is 1. The van der Waals surface area contributed by atoms with E-state index < -0.39 is 23.5 Å². The topological polar surface area (TPSA) is 122 Å². The molecule has 0 aliphatic heterocycles. The molecule has 0 fully saturated rings. The summed E-state index contributed by atoms with van der Waals surface area (Å²) in [5, 5.41) is 16.1. The van der Waals surface area contributed by atoms with Crippen LogP contribution in [0.15, 0.2) is 17.5 Å². The molecule has 122 valence electrons.